The lowest BCUT2D eigenvalue weighted by atomic mass is 9.87. The van der Waals surface area contributed by atoms with E-state index in [2.05, 4.69) is 20.5 Å². The van der Waals surface area contributed by atoms with Crippen LogP contribution in [-0.2, 0) is 34.3 Å². The molecular formula is C35H41N5O4S. The van der Waals surface area contributed by atoms with Crippen LogP contribution in [0.1, 0.15) is 55.0 Å². The van der Waals surface area contributed by atoms with E-state index < -0.39 is 16.1 Å². The molecular weight excluding hydrogens is 586 g/mol. The Morgan fingerprint density at radius 1 is 1.02 bits per heavy atom. The Bertz CT molecular complexity index is 1820. The first-order valence-electron chi connectivity index (χ1n) is 16.0. The van der Waals surface area contributed by atoms with Gasteiger partial charge in [0, 0.05) is 76.0 Å². The van der Waals surface area contributed by atoms with Gasteiger partial charge in [0.25, 0.3) is 0 Å². The molecule has 45 heavy (non-hydrogen) atoms. The monoisotopic (exact) mass is 627 g/mol. The molecule has 3 atom stereocenters. The minimum atomic E-state index is -3.88. The Morgan fingerprint density at radius 2 is 1.87 bits per heavy atom. The first kappa shape index (κ1) is 30.0. The van der Waals surface area contributed by atoms with Crippen LogP contribution in [0.3, 0.4) is 0 Å². The predicted molar refractivity (Wildman–Crippen MR) is 173 cm³/mol. The van der Waals surface area contributed by atoms with Crippen molar-refractivity contribution in [1.82, 2.24) is 23.7 Å². The number of amides is 1. The summed E-state index contributed by atoms with van der Waals surface area (Å²) in [4.78, 5) is 23.0. The van der Waals surface area contributed by atoms with E-state index in [0.717, 1.165) is 67.4 Å². The molecule has 1 amide bonds. The Labute approximate surface area is 265 Å². The molecule has 236 valence electrons. The first-order valence-corrected chi connectivity index (χ1v) is 17.4. The van der Waals surface area contributed by atoms with Gasteiger partial charge in [-0.3, -0.25) is 14.7 Å². The van der Waals surface area contributed by atoms with Crippen LogP contribution in [0.25, 0.3) is 10.8 Å². The molecule has 3 unspecified atom stereocenters. The highest BCUT2D eigenvalue weighted by molar-refractivity contribution is 7.89. The van der Waals surface area contributed by atoms with Gasteiger partial charge in [0.15, 0.2) is 0 Å². The molecule has 2 aromatic heterocycles. The number of benzene rings is 2. The molecule has 2 aromatic carbocycles. The summed E-state index contributed by atoms with van der Waals surface area (Å²) < 4.78 is 37.4. The van der Waals surface area contributed by atoms with Gasteiger partial charge in [-0.1, -0.05) is 12.1 Å². The molecule has 0 radical (unpaired) electrons. The maximum atomic E-state index is 14.2. The van der Waals surface area contributed by atoms with Crippen LogP contribution in [0.2, 0.25) is 0 Å². The van der Waals surface area contributed by atoms with Gasteiger partial charge in [-0.05, 0) is 96.5 Å². The lowest BCUT2D eigenvalue weighted by molar-refractivity contribution is -0.134. The van der Waals surface area contributed by atoms with Gasteiger partial charge in [-0.15, -0.1) is 0 Å². The molecule has 7 rings (SSSR count). The Hall–Kier alpha value is -3.73. The maximum Gasteiger partial charge on any atom is 0.243 e. The van der Waals surface area contributed by atoms with E-state index in [0.29, 0.717) is 19.1 Å². The van der Waals surface area contributed by atoms with E-state index in [1.807, 2.05) is 66.9 Å². The van der Waals surface area contributed by atoms with E-state index in [4.69, 9.17) is 4.74 Å². The second kappa shape index (κ2) is 12.2. The summed E-state index contributed by atoms with van der Waals surface area (Å²) in [6.07, 6.45) is 11.1. The number of methoxy groups -OCH3 is 1. The van der Waals surface area contributed by atoms with Gasteiger partial charge < -0.3 is 14.2 Å². The number of carbonyl (C=O) groups is 1. The van der Waals surface area contributed by atoms with E-state index in [-0.39, 0.29) is 23.3 Å². The van der Waals surface area contributed by atoms with E-state index >= 15 is 0 Å². The molecule has 3 aliphatic rings. The number of hydrogen-bond acceptors (Lipinski definition) is 6. The SMILES string of the molecule is COc1ccc2cc(S(=O)(=O)N3CCn4cccc4C3CC(=O)N(C)C3CCCC(N4CCc5cnccc5C4)C3)ccc2c1. The molecule has 4 heterocycles. The quantitative estimate of drug-likeness (QED) is 0.287. The van der Waals surface area contributed by atoms with Crippen LogP contribution < -0.4 is 4.74 Å². The smallest absolute Gasteiger partial charge is 0.243 e. The van der Waals surface area contributed by atoms with Crippen molar-refractivity contribution in [3.8, 4) is 5.75 Å². The normalized spacial score (nSPS) is 22.5. The van der Waals surface area contributed by atoms with Crippen molar-refractivity contribution in [2.24, 2.45) is 0 Å². The van der Waals surface area contributed by atoms with Gasteiger partial charge in [0.1, 0.15) is 5.75 Å². The highest BCUT2D eigenvalue weighted by Gasteiger charge is 2.40. The van der Waals surface area contributed by atoms with Gasteiger partial charge in [0.05, 0.1) is 18.0 Å². The van der Waals surface area contributed by atoms with Crippen molar-refractivity contribution in [1.29, 1.82) is 0 Å². The van der Waals surface area contributed by atoms with Crippen molar-refractivity contribution in [3.05, 3.63) is 90.0 Å². The Kier molecular flexibility index (Phi) is 8.14. The summed E-state index contributed by atoms with van der Waals surface area (Å²) >= 11 is 0. The molecule has 1 aliphatic carbocycles. The fourth-order valence-electron chi connectivity index (χ4n) is 7.61. The topological polar surface area (TPSA) is 88.0 Å². The standard InChI is InChI=1S/C35H41N5O4S/c1-37(29-5-3-6-30(21-29)39-16-13-27-23-36-14-12-28(27)24-39)35(41)22-34-33-7-4-15-38(33)17-18-40(34)45(42,43)32-11-9-25-19-31(44-2)10-8-26(25)20-32/h4,7-12,14-15,19-20,23,29-30,34H,3,5-6,13,16-18,21-22,24H2,1-2H3. The third kappa shape index (κ3) is 5.75. The van der Waals surface area contributed by atoms with Crippen LogP contribution in [0.5, 0.6) is 5.75 Å². The van der Waals surface area contributed by atoms with Crippen LogP contribution in [0.15, 0.2) is 78.1 Å². The highest BCUT2D eigenvalue weighted by Crippen LogP contribution is 2.37. The molecule has 0 N–H and O–H groups in total. The molecule has 9 nitrogen and oxygen atoms in total. The zero-order chi connectivity index (χ0) is 31.1. The van der Waals surface area contributed by atoms with E-state index in [9.17, 15) is 13.2 Å². The second-order valence-electron chi connectivity index (χ2n) is 12.7. The van der Waals surface area contributed by atoms with E-state index in [1.165, 1.54) is 11.1 Å². The molecule has 0 bridgehead atoms. The van der Waals surface area contributed by atoms with Gasteiger partial charge in [-0.25, -0.2) is 8.42 Å². The second-order valence-corrected chi connectivity index (χ2v) is 14.6. The molecule has 0 spiro atoms. The third-order valence-electron chi connectivity index (χ3n) is 10.2. The zero-order valence-corrected chi connectivity index (χ0v) is 26.8. The zero-order valence-electron chi connectivity index (χ0n) is 26.0. The van der Waals surface area contributed by atoms with Gasteiger partial charge >= 0.3 is 0 Å². The van der Waals surface area contributed by atoms with Gasteiger partial charge in [-0.2, -0.15) is 4.31 Å². The summed E-state index contributed by atoms with van der Waals surface area (Å²) in [7, 11) is -0.354. The lowest BCUT2D eigenvalue weighted by Crippen LogP contribution is -2.49. The highest BCUT2D eigenvalue weighted by atomic mass is 32.2. The minimum absolute atomic E-state index is 0.0128. The predicted octanol–water partition coefficient (Wildman–Crippen LogP) is 5.01. The molecule has 4 aromatic rings. The average molecular weight is 628 g/mol. The number of aromatic nitrogens is 2. The molecule has 10 heteroatoms. The molecule has 1 saturated carbocycles. The molecule has 2 aliphatic heterocycles. The van der Waals surface area contributed by atoms with Crippen molar-refractivity contribution < 1.29 is 17.9 Å². The first-order chi connectivity index (χ1) is 21.8. The summed E-state index contributed by atoms with van der Waals surface area (Å²) in [5.41, 5.74) is 3.56. The third-order valence-corrected chi connectivity index (χ3v) is 12.1. The number of hydrogen-bond donors (Lipinski definition) is 0. The number of sulfonamides is 1. The molecule has 0 saturated heterocycles. The van der Waals surface area contributed by atoms with Crippen LogP contribution >= 0.6 is 0 Å². The lowest BCUT2D eigenvalue weighted by Gasteiger charge is -2.43. The number of pyridine rings is 1. The fraction of sp³-hybridized carbons (Fsp3) is 0.429. The fourth-order valence-corrected chi connectivity index (χ4v) is 9.23. The van der Waals surface area contributed by atoms with E-state index in [1.54, 1.807) is 23.5 Å². The van der Waals surface area contributed by atoms with Crippen LogP contribution in [-0.4, -0.2) is 77.3 Å². The van der Waals surface area contributed by atoms with Crippen molar-refractivity contribution in [2.75, 3.05) is 27.2 Å². The Balaban J connectivity index is 1.09. The maximum absolute atomic E-state index is 14.2. The number of nitrogens with zero attached hydrogens (tertiary/aromatic N) is 5. The largest absolute Gasteiger partial charge is 0.497 e. The number of carbonyl (C=O) groups excluding carboxylic acids is 1. The van der Waals surface area contributed by atoms with Crippen molar-refractivity contribution >= 4 is 26.7 Å². The minimum Gasteiger partial charge on any atom is -0.497 e. The van der Waals surface area contributed by atoms with Crippen molar-refractivity contribution in [2.45, 2.75) is 74.6 Å². The summed E-state index contributed by atoms with van der Waals surface area (Å²) in [5, 5.41) is 1.73. The van der Waals surface area contributed by atoms with Crippen molar-refractivity contribution in [3.63, 3.8) is 0 Å². The number of ether oxygens (including phenoxy) is 1. The number of fused-ring (bicyclic) bond motifs is 3. The van der Waals surface area contributed by atoms with Gasteiger partial charge in [0.2, 0.25) is 15.9 Å². The molecule has 1 fully saturated rings. The van der Waals surface area contributed by atoms with Crippen LogP contribution in [0.4, 0.5) is 0 Å². The average Bonchev–Trinajstić information content (AvgIpc) is 3.57. The summed E-state index contributed by atoms with van der Waals surface area (Å²) in [6.45, 7) is 2.80. The number of rotatable bonds is 7. The summed E-state index contributed by atoms with van der Waals surface area (Å²) in [6, 6.07) is 16.8. The Morgan fingerprint density at radius 3 is 2.73 bits per heavy atom. The summed E-state index contributed by atoms with van der Waals surface area (Å²) in [5.74, 6) is 0.710. The van der Waals surface area contributed by atoms with Crippen LogP contribution in [0, 0.1) is 0 Å².